The minimum absolute atomic E-state index is 0.0384. The van der Waals surface area contributed by atoms with E-state index in [1.165, 1.54) is 6.92 Å². The van der Waals surface area contributed by atoms with Gasteiger partial charge in [-0.1, -0.05) is 0 Å². The van der Waals surface area contributed by atoms with Crippen molar-refractivity contribution in [1.82, 2.24) is 37.2 Å². The van der Waals surface area contributed by atoms with Gasteiger partial charge in [0.1, 0.15) is 29.9 Å². The number of nitrogens with two attached hydrogens (primary N) is 4. The van der Waals surface area contributed by atoms with E-state index >= 15 is 0 Å². The number of primary amides is 1. The van der Waals surface area contributed by atoms with Gasteiger partial charge in [-0.05, 0) is 13.3 Å². The summed E-state index contributed by atoms with van der Waals surface area (Å²) >= 11 is 0. The first kappa shape index (κ1) is 42.3. The van der Waals surface area contributed by atoms with E-state index in [9.17, 15) is 28.8 Å². The number of urea groups is 1. The van der Waals surface area contributed by atoms with Crippen LogP contribution in [0, 0.1) is 0 Å². The van der Waals surface area contributed by atoms with E-state index < -0.39 is 92.3 Å². The molecule has 1 fully saturated rings. The Morgan fingerprint density at radius 3 is 1.98 bits per heavy atom. The van der Waals surface area contributed by atoms with Crippen LogP contribution in [0.25, 0.3) is 0 Å². The second kappa shape index (κ2) is 19.1. The van der Waals surface area contributed by atoms with Gasteiger partial charge in [0.05, 0.1) is 6.04 Å². The molecule has 0 spiro atoms. The highest BCUT2D eigenvalue weighted by Crippen LogP contribution is 2.06. The predicted molar refractivity (Wildman–Crippen MR) is 157 cm³/mol. The maximum Gasteiger partial charge on any atom is 0.394 e. The highest BCUT2D eigenvalue weighted by atomic mass is 32.3. The van der Waals surface area contributed by atoms with Crippen LogP contribution in [0.1, 0.15) is 13.3 Å². The van der Waals surface area contributed by atoms with Crippen molar-refractivity contribution >= 4 is 62.3 Å². The monoisotopic (exact) mass is 720 g/mol. The normalized spacial score (nSPS) is 25.7. The molecule has 0 aromatic carbocycles. The third-order valence-electron chi connectivity index (χ3n) is 5.34. The molecule has 2 heterocycles. The van der Waals surface area contributed by atoms with Crippen molar-refractivity contribution in [2.24, 2.45) is 27.9 Å². The zero-order valence-electron chi connectivity index (χ0n) is 24.2. The van der Waals surface area contributed by atoms with Crippen LogP contribution in [0.2, 0.25) is 0 Å². The Hall–Kier alpha value is -4.71. The number of aliphatic imine (C=N–C) groups is 1. The smallest absolute Gasteiger partial charge is 0.370 e. The number of amides is 7. The summed E-state index contributed by atoms with van der Waals surface area (Å²) in [5.74, 6) is -4.16. The molecule has 0 aromatic rings. The average Bonchev–Trinajstić information content (AvgIpc) is 2.92. The second-order valence-corrected chi connectivity index (χ2v) is 10.9. The lowest BCUT2D eigenvalue weighted by molar-refractivity contribution is -0.132. The van der Waals surface area contributed by atoms with Gasteiger partial charge < -0.3 is 60.2 Å². The number of guanidine groups is 1. The first-order chi connectivity index (χ1) is 21.4. The third kappa shape index (κ3) is 19.4. The molecule has 5 atom stereocenters. The summed E-state index contributed by atoms with van der Waals surface area (Å²) in [4.78, 5) is 79.0. The SMILES string of the molecule is C[C@@H]1NC(=O)[C@@H](N)CNC(=O)[C@H]([C@H]2CCN=C(N)N2)NC(=O)/C(=C/NC(N)=O)NC(=O)[C@H](CN)NC1=O.O=S(=O)(O)O.O=S(=O)(O)O. The van der Waals surface area contributed by atoms with Crippen molar-refractivity contribution in [1.29, 1.82) is 0 Å². The fourth-order valence-electron chi connectivity index (χ4n) is 3.30. The molecule has 0 saturated carbocycles. The minimum atomic E-state index is -4.67. The molecule has 26 nitrogen and oxygen atoms in total. The van der Waals surface area contributed by atoms with Gasteiger partial charge in [0.25, 0.3) is 5.91 Å². The van der Waals surface area contributed by atoms with Crippen LogP contribution >= 0.6 is 0 Å². The first-order valence-corrected chi connectivity index (χ1v) is 15.4. The van der Waals surface area contributed by atoms with Crippen LogP contribution in [0.3, 0.4) is 0 Å². The van der Waals surface area contributed by atoms with E-state index in [0.717, 1.165) is 6.20 Å². The average molecular weight is 721 g/mol. The van der Waals surface area contributed by atoms with E-state index in [0.29, 0.717) is 0 Å². The molecule has 7 amide bonds. The van der Waals surface area contributed by atoms with Crippen molar-refractivity contribution in [2.75, 3.05) is 19.6 Å². The summed E-state index contributed by atoms with van der Waals surface area (Å²) in [6.45, 7) is 0.879. The van der Waals surface area contributed by atoms with Gasteiger partial charge in [0.15, 0.2) is 5.96 Å². The second-order valence-electron chi connectivity index (χ2n) is 9.09. The number of carbonyl (C=O) groups is 6. The number of carbonyl (C=O) groups excluding carboxylic acids is 6. The quantitative estimate of drug-likeness (QED) is 0.0950. The number of nitrogens with one attached hydrogen (secondary N) is 7. The van der Waals surface area contributed by atoms with E-state index in [1.54, 1.807) is 0 Å². The lowest BCUT2D eigenvalue weighted by Crippen LogP contribution is -2.63. The Balaban J connectivity index is 0.00000184. The summed E-state index contributed by atoms with van der Waals surface area (Å²) in [6, 6.07) is -6.78. The molecule has 28 heteroatoms. The molecule has 0 aromatic heterocycles. The van der Waals surface area contributed by atoms with E-state index in [1.807, 2.05) is 0 Å². The fraction of sp³-hybridized carbons (Fsp3) is 0.526. The highest BCUT2D eigenvalue weighted by molar-refractivity contribution is 7.80. The Bertz CT molecular complexity index is 1410. The van der Waals surface area contributed by atoms with Crippen LogP contribution in [-0.4, -0.2) is 126 Å². The molecule has 1 saturated heterocycles. The summed E-state index contributed by atoms with van der Waals surface area (Å²) < 4.78 is 63.2. The molecule has 47 heavy (non-hydrogen) atoms. The number of hydrogen-bond acceptors (Lipinski definition) is 15. The number of rotatable bonds is 3. The predicted octanol–water partition coefficient (Wildman–Crippen LogP) is -8.13. The van der Waals surface area contributed by atoms with Gasteiger partial charge in [-0.25, -0.2) is 4.79 Å². The largest absolute Gasteiger partial charge is 0.394 e. The lowest BCUT2D eigenvalue weighted by Gasteiger charge is -2.31. The molecule has 2 aliphatic heterocycles. The van der Waals surface area contributed by atoms with Gasteiger partial charge in [-0.15, -0.1) is 0 Å². The Morgan fingerprint density at radius 1 is 0.936 bits per heavy atom. The van der Waals surface area contributed by atoms with Gasteiger partial charge in [-0.2, -0.15) is 16.8 Å². The summed E-state index contributed by atoms with van der Waals surface area (Å²) in [5, 5.41) is 16.7. The molecule has 19 N–H and O–H groups in total. The van der Waals surface area contributed by atoms with Gasteiger partial charge in [0.2, 0.25) is 23.6 Å². The summed E-state index contributed by atoms with van der Waals surface area (Å²) in [6.07, 6.45) is 1.10. The van der Waals surface area contributed by atoms with Crippen molar-refractivity contribution in [3.63, 3.8) is 0 Å². The van der Waals surface area contributed by atoms with Gasteiger partial charge in [-0.3, -0.25) is 47.2 Å². The maximum absolute atomic E-state index is 13.1. The molecular formula is C19H36N12O14S2. The van der Waals surface area contributed by atoms with Crippen molar-refractivity contribution in [2.45, 2.75) is 43.6 Å². The lowest BCUT2D eigenvalue weighted by atomic mass is 10.0. The topological polar surface area (TPSA) is 452 Å². The molecule has 2 aliphatic rings. The van der Waals surface area contributed by atoms with Crippen LogP contribution in [0.4, 0.5) is 4.79 Å². The van der Waals surface area contributed by atoms with Crippen molar-refractivity contribution in [3.8, 4) is 0 Å². The molecule has 0 radical (unpaired) electrons. The number of nitrogens with zero attached hydrogens (tertiary/aromatic N) is 1. The Morgan fingerprint density at radius 2 is 1.49 bits per heavy atom. The van der Waals surface area contributed by atoms with Crippen LogP contribution in [-0.2, 0) is 44.8 Å². The van der Waals surface area contributed by atoms with Gasteiger partial charge in [0, 0.05) is 25.8 Å². The molecular weight excluding hydrogens is 684 g/mol. The minimum Gasteiger partial charge on any atom is -0.370 e. The van der Waals surface area contributed by atoms with E-state index in [-0.39, 0.29) is 32.0 Å². The Labute approximate surface area is 266 Å². The third-order valence-corrected chi connectivity index (χ3v) is 5.34. The Kier molecular flexibility index (Phi) is 17.2. The summed E-state index contributed by atoms with van der Waals surface area (Å²) in [5.41, 5.74) is 21.7. The molecule has 2 rings (SSSR count). The zero-order chi connectivity index (χ0) is 36.7. The molecule has 268 valence electrons. The van der Waals surface area contributed by atoms with Crippen molar-refractivity contribution in [3.05, 3.63) is 11.9 Å². The van der Waals surface area contributed by atoms with E-state index in [4.69, 9.17) is 58.0 Å². The maximum atomic E-state index is 13.1. The summed E-state index contributed by atoms with van der Waals surface area (Å²) in [7, 11) is -9.33. The van der Waals surface area contributed by atoms with E-state index in [2.05, 4.69) is 42.2 Å². The molecule has 0 bridgehead atoms. The first-order valence-electron chi connectivity index (χ1n) is 12.6. The van der Waals surface area contributed by atoms with Gasteiger partial charge >= 0.3 is 26.8 Å². The van der Waals surface area contributed by atoms with Crippen LogP contribution in [0.5, 0.6) is 0 Å². The highest BCUT2D eigenvalue weighted by Gasteiger charge is 2.34. The van der Waals surface area contributed by atoms with Crippen molar-refractivity contribution < 1.29 is 63.8 Å². The molecule has 0 unspecified atom stereocenters. The fourth-order valence-corrected chi connectivity index (χ4v) is 3.30. The number of hydrogen-bond donors (Lipinski definition) is 15. The van der Waals surface area contributed by atoms with Crippen LogP contribution < -0.4 is 60.2 Å². The van der Waals surface area contributed by atoms with Crippen LogP contribution in [0.15, 0.2) is 16.9 Å². The zero-order valence-corrected chi connectivity index (χ0v) is 25.9. The standard InChI is InChI=1S/C19H32N12O6.2H2O4S/c1-7-13(32)28-10(4-20)15(34)29-11(6-26-19(23)37)16(35)31-12(9-2-3-24-18(22)30-9)17(36)25-5-8(21)14(33)27-7;2*1-5(2,3)4/h6-10,12H,2-5,20-21H2,1H3,(H,25,36)(H,27,33)(H,28,32)(H,29,34)(H,31,35)(H3,22,24,30)(H3,23,26,37);2*(H2,1,2,3,4)/b11-6-;;/t7-,8-,9+,10-,12-;;/m0../s1. The molecule has 0 aliphatic carbocycles.